The van der Waals surface area contributed by atoms with E-state index in [2.05, 4.69) is 35.8 Å². The molecule has 1 atom stereocenters. The predicted octanol–water partition coefficient (Wildman–Crippen LogP) is 2.50. The minimum atomic E-state index is -0.0664. The summed E-state index contributed by atoms with van der Waals surface area (Å²) in [5, 5.41) is 4.60. The third-order valence-electron chi connectivity index (χ3n) is 4.55. The van der Waals surface area contributed by atoms with Crippen LogP contribution in [0.2, 0.25) is 0 Å². The molecule has 0 aliphatic carbocycles. The SMILES string of the molecule is Cc1nc(CN2CCCC2Cn2nc(C(C)(C)C)ccc2=O)co1. The summed E-state index contributed by atoms with van der Waals surface area (Å²) < 4.78 is 6.92. The largest absolute Gasteiger partial charge is 0.449 e. The third kappa shape index (κ3) is 3.75. The Hall–Kier alpha value is -1.95. The van der Waals surface area contributed by atoms with Crippen molar-refractivity contribution in [2.75, 3.05) is 6.54 Å². The molecule has 6 nitrogen and oxygen atoms in total. The molecule has 2 aromatic heterocycles. The molecule has 24 heavy (non-hydrogen) atoms. The Labute approximate surface area is 142 Å². The minimum absolute atomic E-state index is 0.0351. The van der Waals surface area contributed by atoms with E-state index in [9.17, 15) is 4.79 Å². The average molecular weight is 330 g/mol. The van der Waals surface area contributed by atoms with Crippen LogP contribution in [0.15, 0.2) is 27.6 Å². The molecule has 0 amide bonds. The van der Waals surface area contributed by atoms with Gasteiger partial charge >= 0.3 is 0 Å². The Kier molecular flexibility index (Phi) is 4.58. The zero-order valence-electron chi connectivity index (χ0n) is 15.0. The third-order valence-corrected chi connectivity index (χ3v) is 4.55. The summed E-state index contributed by atoms with van der Waals surface area (Å²) in [4.78, 5) is 19.0. The summed E-state index contributed by atoms with van der Waals surface area (Å²) in [6.45, 7) is 10.6. The molecular formula is C18H26N4O2. The molecule has 3 rings (SSSR count). The van der Waals surface area contributed by atoms with E-state index in [1.54, 1.807) is 17.0 Å². The second-order valence-electron chi connectivity index (χ2n) is 7.61. The van der Waals surface area contributed by atoms with Gasteiger partial charge in [-0.25, -0.2) is 9.67 Å². The molecular weight excluding hydrogens is 304 g/mol. The first-order valence-electron chi connectivity index (χ1n) is 8.56. The molecule has 0 aromatic carbocycles. The number of hydrogen-bond acceptors (Lipinski definition) is 5. The quantitative estimate of drug-likeness (QED) is 0.862. The molecule has 0 saturated carbocycles. The lowest BCUT2D eigenvalue weighted by atomic mass is 9.92. The van der Waals surface area contributed by atoms with Gasteiger partial charge in [-0.15, -0.1) is 0 Å². The van der Waals surface area contributed by atoms with Gasteiger partial charge in [0.05, 0.1) is 17.9 Å². The van der Waals surface area contributed by atoms with E-state index in [1.165, 1.54) is 0 Å². The van der Waals surface area contributed by atoms with E-state index < -0.39 is 0 Å². The van der Waals surface area contributed by atoms with E-state index in [-0.39, 0.29) is 11.0 Å². The number of rotatable bonds is 4. The van der Waals surface area contributed by atoms with E-state index in [4.69, 9.17) is 4.42 Å². The normalized spacial score (nSPS) is 19.1. The molecule has 0 spiro atoms. The van der Waals surface area contributed by atoms with Gasteiger partial charge in [-0.05, 0) is 25.5 Å². The van der Waals surface area contributed by atoms with Gasteiger partial charge in [-0.1, -0.05) is 20.8 Å². The molecule has 1 aliphatic rings. The number of hydrogen-bond donors (Lipinski definition) is 0. The monoisotopic (exact) mass is 330 g/mol. The Bertz CT molecular complexity index is 757. The lowest BCUT2D eigenvalue weighted by molar-refractivity contribution is 0.213. The van der Waals surface area contributed by atoms with Crippen molar-refractivity contribution in [3.05, 3.63) is 46.0 Å². The molecule has 1 aliphatic heterocycles. The molecule has 1 unspecified atom stereocenters. The van der Waals surface area contributed by atoms with Crippen molar-refractivity contribution >= 4 is 0 Å². The fraction of sp³-hybridized carbons (Fsp3) is 0.611. The standard InChI is InChI=1S/C18H26N4O2/c1-13-19-14(12-24-13)10-21-9-5-6-15(21)11-22-17(23)8-7-16(20-22)18(2,3)4/h7-8,12,15H,5-6,9-11H2,1-4H3. The van der Waals surface area contributed by atoms with Crippen molar-refractivity contribution in [2.45, 2.75) is 65.1 Å². The zero-order valence-corrected chi connectivity index (χ0v) is 15.0. The van der Waals surface area contributed by atoms with Crippen LogP contribution in [0.4, 0.5) is 0 Å². The molecule has 6 heteroatoms. The van der Waals surface area contributed by atoms with Crippen molar-refractivity contribution in [1.82, 2.24) is 19.7 Å². The number of nitrogens with zero attached hydrogens (tertiary/aromatic N) is 4. The number of aryl methyl sites for hydroxylation is 1. The second-order valence-corrected chi connectivity index (χ2v) is 7.61. The lowest BCUT2D eigenvalue weighted by Gasteiger charge is -2.24. The van der Waals surface area contributed by atoms with E-state index >= 15 is 0 Å². The van der Waals surface area contributed by atoms with Gasteiger partial charge in [0.25, 0.3) is 5.56 Å². The zero-order chi connectivity index (χ0) is 17.3. The smallest absolute Gasteiger partial charge is 0.266 e. The fourth-order valence-electron chi connectivity index (χ4n) is 3.18. The summed E-state index contributed by atoms with van der Waals surface area (Å²) in [6.07, 6.45) is 3.93. The van der Waals surface area contributed by atoms with Gasteiger partial charge < -0.3 is 4.42 Å². The van der Waals surface area contributed by atoms with Crippen molar-refractivity contribution in [3.63, 3.8) is 0 Å². The lowest BCUT2D eigenvalue weighted by Crippen LogP contribution is -2.37. The van der Waals surface area contributed by atoms with Crippen LogP contribution in [0.25, 0.3) is 0 Å². The number of aromatic nitrogens is 3. The first-order chi connectivity index (χ1) is 11.3. The molecule has 3 heterocycles. The first kappa shape index (κ1) is 16.9. The van der Waals surface area contributed by atoms with Crippen LogP contribution in [-0.4, -0.2) is 32.3 Å². The van der Waals surface area contributed by atoms with Crippen LogP contribution in [0.3, 0.4) is 0 Å². The molecule has 1 fully saturated rings. The highest BCUT2D eigenvalue weighted by atomic mass is 16.3. The second kappa shape index (κ2) is 6.51. The predicted molar refractivity (Wildman–Crippen MR) is 91.9 cm³/mol. The molecule has 0 bridgehead atoms. The van der Waals surface area contributed by atoms with Crippen LogP contribution in [0.5, 0.6) is 0 Å². The number of likely N-dealkylation sites (tertiary alicyclic amines) is 1. The summed E-state index contributed by atoms with van der Waals surface area (Å²) in [7, 11) is 0. The summed E-state index contributed by atoms with van der Waals surface area (Å²) in [5.74, 6) is 0.691. The van der Waals surface area contributed by atoms with Crippen LogP contribution in [0, 0.1) is 6.92 Å². The van der Waals surface area contributed by atoms with E-state index in [1.807, 2.05) is 13.0 Å². The first-order valence-corrected chi connectivity index (χ1v) is 8.56. The van der Waals surface area contributed by atoms with Gasteiger partial charge in [-0.3, -0.25) is 9.69 Å². The molecule has 1 saturated heterocycles. The highest BCUT2D eigenvalue weighted by molar-refractivity contribution is 5.10. The van der Waals surface area contributed by atoms with Crippen LogP contribution < -0.4 is 5.56 Å². The van der Waals surface area contributed by atoms with Gasteiger partial charge in [0.15, 0.2) is 5.89 Å². The van der Waals surface area contributed by atoms with Crippen molar-refractivity contribution in [2.24, 2.45) is 0 Å². The fourth-order valence-corrected chi connectivity index (χ4v) is 3.18. The Morgan fingerprint density at radius 2 is 2.12 bits per heavy atom. The molecule has 0 N–H and O–H groups in total. The Morgan fingerprint density at radius 3 is 2.79 bits per heavy atom. The van der Waals surface area contributed by atoms with Crippen LogP contribution in [0.1, 0.15) is 50.9 Å². The highest BCUT2D eigenvalue weighted by Gasteiger charge is 2.27. The molecule has 0 radical (unpaired) electrons. The highest BCUT2D eigenvalue weighted by Crippen LogP contribution is 2.22. The maximum atomic E-state index is 12.2. The summed E-state index contributed by atoms with van der Waals surface area (Å²) >= 11 is 0. The minimum Gasteiger partial charge on any atom is -0.449 e. The van der Waals surface area contributed by atoms with Gasteiger partial charge in [0.1, 0.15) is 6.26 Å². The van der Waals surface area contributed by atoms with E-state index in [0.29, 0.717) is 18.5 Å². The number of oxazole rings is 1. The van der Waals surface area contributed by atoms with E-state index in [0.717, 1.165) is 37.3 Å². The van der Waals surface area contributed by atoms with Crippen molar-refractivity contribution < 1.29 is 4.42 Å². The van der Waals surface area contributed by atoms with Gasteiger partial charge in [0, 0.05) is 31.0 Å². The van der Waals surface area contributed by atoms with Crippen molar-refractivity contribution in [3.8, 4) is 0 Å². The average Bonchev–Trinajstić information content (AvgIpc) is 3.10. The van der Waals surface area contributed by atoms with Crippen LogP contribution >= 0.6 is 0 Å². The molecule has 2 aromatic rings. The van der Waals surface area contributed by atoms with Crippen LogP contribution in [-0.2, 0) is 18.5 Å². The Balaban J connectivity index is 1.76. The molecule has 130 valence electrons. The Morgan fingerprint density at radius 1 is 1.33 bits per heavy atom. The topological polar surface area (TPSA) is 64.2 Å². The van der Waals surface area contributed by atoms with Gasteiger partial charge in [-0.2, -0.15) is 5.10 Å². The summed E-state index contributed by atoms with van der Waals surface area (Å²) in [5.41, 5.74) is 1.79. The maximum Gasteiger partial charge on any atom is 0.266 e. The van der Waals surface area contributed by atoms with Gasteiger partial charge in [0.2, 0.25) is 0 Å². The summed E-state index contributed by atoms with van der Waals surface area (Å²) in [6, 6.07) is 3.78. The maximum absolute atomic E-state index is 12.2. The van der Waals surface area contributed by atoms with Crippen molar-refractivity contribution in [1.29, 1.82) is 0 Å².